The lowest BCUT2D eigenvalue weighted by atomic mass is 10.1. The summed E-state index contributed by atoms with van der Waals surface area (Å²) in [7, 11) is 0. The molecular formula is C17H19F3N6O3. The van der Waals surface area contributed by atoms with Gasteiger partial charge in [0.15, 0.2) is 0 Å². The Balaban J connectivity index is 1.75. The normalized spacial score (nSPS) is 17.9. The number of halogens is 3. The van der Waals surface area contributed by atoms with Crippen LogP contribution in [0.2, 0.25) is 0 Å². The van der Waals surface area contributed by atoms with Crippen LogP contribution in [0.5, 0.6) is 5.75 Å². The molecule has 2 aromatic heterocycles. The zero-order chi connectivity index (χ0) is 21.2. The van der Waals surface area contributed by atoms with E-state index in [0.29, 0.717) is 31.0 Å². The van der Waals surface area contributed by atoms with E-state index in [1.54, 1.807) is 6.92 Å². The number of piperidine rings is 1. The maximum absolute atomic E-state index is 12.7. The Bertz CT molecular complexity index is 908. The van der Waals surface area contributed by atoms with Crippen molar-refractivity contribution in [2.75, 3.05) is 25.0 Å². The Kier molecular flexibility index (Phi) is 5.82. The molecule has 0 bridgehead atoms. The summed E-state index contributed by atoms with van der Waals surface area (Å²) >= 11 is 0. The fraction of sp³-hybridized carbons (Fsp3) is 0.471. The number of aromatic nitrogens is 4. The second-order valence-electron chi connectivity index (χ2n) is 6.77. The molecule has 1 aliphatic rings. The van der Waals surface area contributed by atoms with E-state index in [2.05, 4.69) is 25.5 Å². The molecular weight excluding hydrogens is 393 g/mol. The molecule has 0 radical (unpaired) electrons. The summed E-state index contributed by atoms with van der Waals surface area (Å²) in [6.07, 6.45) is -2.38. The molecule has 1 atom stereocenters. The van der Waals surface area contributed by atoms with Crippen molar-refractivity contribution in [3.05, 3.63) is 23.5 Å². The van der Waals surface area contributed by atoms with Gasteiger partial charge in [0.1, 0.15) is 17.1 Å². The van der Waals surface area contributed by atoms with Gasteiger partial charge in [-0.3, -0.25) is 9.69 Å². The number of carboxylic acids is 1. The number of nitrogens with one attached hydrogen (secondary N) is 1. The minimum atomic E-state index is -4.62. The van der Waals surface area contributed by atoms with Crippen molar-refractivity contribution in [3.8, 4) is 17.1 Å². The van der Waals surface area contributed by atoms with Gasteiger partial charge >= 0.3 is 12.1 Å². The first-order valence-corrected chi connectivity index (χ1v) is 8.82. The van der Waals surface area contributed by atoms with Crippen LogP contribution in [0.15, 0.2) is 12.3 Å². The first kappa shape index (κ1) is 20.7. The summed E-state index contributed by atoms with van der Waals surface area (Å²) in [6.45, 7) is 2.73. The number of alkyl halides is 3. The second kappa shape index (κ2) is 8.15. The molecule has 0 saturated carbocycles. The van der Waals surface area contributed by atoms with Gasteiger partial charge in [-0.15, -0.1) is 10.2 Å². The number of aliphatic carboxylic acids is 1. The summed E-state index contributed by atoms with van der Waals surface area (Å²) in [5.74, 6) is -1.36. The van der Waals surface area contributed by atoms with Crippen LogP contribution in [0.3, 0.4) is 0 Å². The Morgan fingerprint density at radius 3 is 2.72 bits per heavy atom. The van der Waals surface area contributed by atoms with Crippen LogP contribution >= 0.6 is 0 Å². The van der Waals surface area contributed by atoms with E-state index in [9.17, 15) is 23.1 Å². The standard InChI is InChI=1S/C17H19F3N6O3/c1-9-14(15-12(27)5-10(6-21-15)17(18,19)20)24-25-16(22-9)23-11-3-2-4-26(7-11)8-13(28)29/h5-6,11,27H,2-4,7-8H2,1H3,(H,28,29)(H,22,23,25). The van der Waals surface area contributed by atoms with Crippen molar-refractivity contribution in [2.45, 2.75) is 32.0 Å². The van der Waals surface area contributed by atoms with Crippen LogP contribution in [-0.4, -0.2) is 66.9 Å². The molecule has 3 heterocycles. The number of anilines is 1. The van der Waals surface area contributed by atoms with E-state index in [4.69, 9.17) is 5.11 Å². The van der Waals surface area contributed by atoms with E-state index >= 15 is 0 Å². The molecule has 12 heteroatoms. The largest absolute Gasteiger partial charge is 0.506 e. The van der Waals surface area contributed by atoms with Gasteiger partial charge in [0.05, 0.1) is 17.8 Å². The molecule has 156 valence electrons. The van der Waals surface area contributed by atoms with Gasteiger partial charge in [0.2, 0.25) is 5.95 Å². The smallest absolute Gasteiger partial charge is 0.418 e. The van der Waals surface area contributed by atoms with Gasteiger partial charge in [-0.05, 0) is 32.4 Å². The third kappa shape index (κ3) is 5.08. The van der Waals surface area contributed by atoms with Crippen molar-refractivity contribution < 1.29 is 28.2 Å². The third-order valence-electron chi connectivity index (χ3n) is 4.48. The van der Waals surface area contributed by atoms with Crippen LogP contribution in [0.1, 0.15) is 24.1 Å². The molecule has 0 spiro atoms. The molecule has 3 N–H and O–H groups in total. The van der Waals surface area contributed by atoms with Gasteiger partial charge in [0, 0.05) is 18.8 Å². The highest BCUT2D eigenvalue weighted by molar-refractivity contribution is 5.69. The van der Waals surface area contributed by atoms with Gasteiger partial charge in [-0.2, -0.15) is 13.2 Å². The maximum atomic E-state index is 12.7. The maximum Gasteiger partial charge on any atom is 0.418 e. The SMILES string of the molecule is Cc1nc(NC2CCCN(CC(=O)O)C2)nnc1-c1ncc(C(F)(F)F)cc1O. The number of hydrogen-bond donors (Lipinski definition) is 3. The van der Waals surface area contributed by atoms with E-state index < -0.39 is 23.5 Å². The Morgan fingerprint density at radius 1 is 1.34 bits per heavy atom. The number of rotatable bonds is 5. The monoisotopic (exact) mass is 412 g/mol. The molecule has 3 rings (SSSR count). The number of carboxylic acid groups (broad SMARTS) is 1. The van der Waals surface area contributed by atoms with E-state index in [0.717, 1.165) is 12.8 Å². The van der Waals surface area contributed by atoms with E-state index in [1.807, 2.05) is 4.90 Å². The Labute approximate surface area is 163 Å². The van der Waals surface area contributed by atoms with Crippen molar-refractivity contribution in [3.63, 3.8) is 0 Å². The summed E-state index contributed by atoms with van der Waals surface area (Å²) < 4.78 is 38.2. The topological polar surface area (TPSA) is 124 Å². The minimum Gasteiger partial charge on any atom is -0.506 e. The number of carbonyl (C=O) groups is 1. The highest BCUT2D eigenvalue weighted by Crippen LogP contribution is 2.34. The van der Waals surface area contributed by atoms with Gasteiger partial charge in [0.25, 0.3) is 0 Å². The van der Waals surface area contributed by atoms with Crippen molar-refractivity contribution in [1.82, 2.24) is 25.1 Å². The van der Waals surface area contributed by atoms with Gasteiger partial charge in [-0.1, -0.05) is 0 Å². The number of likely N-dealkylation sites (tertiary alicyclic amines) is 1. The highest BCUT2D eigenvalue weighted by atomic mass is 19.4. The number of aromatic hydroxyl groups is 1. The number of nitrogens with zero attached hydrogens (tertiary/aromatic N) is 5. The number of aryl methyl sites for hydroxylation is 1. The van der Waals surface area contributed by atoms with Gasteiger partial charge in [-0.25, -0.2) is 9.97 Å². The fourth-order valence-electron chi connectivity index (χ4n) is 3.17. The third-order valence-corrected chi connectivity index (χ3v) is 4.48. The van der Waals surface area contributed by atoms with E-state index in [1.165, 1.54) is 0 Å². The first-order valence-electron chi connectivity index (χ1n) is 8.82. The summed E-state index contributed by atoms with van der Waals surface area (Å²) in [4.78, 5) is 20.6. The zero-order valence-electron chi connectivity index (χ0n) is 15.4. The van der Waals surface area contributed by atoms with Crippen LogP contribution in [0, 0.1) is 6.92 Å². The molecule has 29 heavy (non-hydrogen) atoms. The molecule has 1 aliphatic heterocycles. The molecule has 1 saturated heterocycles. The predicted molar refractivity (Wildman–Crippen MR) is 95.2 cm³/mol. The van der Waals surface area contributed by atoms with E-state index in [-0.39, 0.29) is 29.9 Å². The van der Waals surface area contributed by atoms with Crippen molar-refractivity contribution in [1.29, 1.82) is 0 Å². The van der Waals surface area contributed by atoms with Gasteiger partial charge < -0.3 is 15.5 Å². The van der Waals surface area contributed by atoms with Crippen LogP contribution in [0.25, 0.3) is 11.4 Å². The van der Waals surface area contributed by atoms with Crippen molar-refractivity contribution in [2.24, 2.45) is 0 Å². The quantitative estimate of drug-likeness (QED) is 0.676. The molecule has 1 fully saturated rings. The average Bonchev–Trinajstić information content (AvgIpc) is 2.61. The van der Waals surface area contributed by atoms with Crippen LogP contribution < -0.4 is 5.32 Å². The molecule has 0 aromatic carbocycles. The molecule has 0 amide bonds. The Morgan fingerprint density at radius 2 is 2.10 bits per heavy atom. The Hall–Kier alpha value is -3.02. The zero-order valence-corrected chi connectivity index (χ0v) is 15.4. The number of pyridine rings is 1. The average molecular weight is 412 g/mol. The van der Waals surface area contributed by atoms with Crippen LogP contribution in [0.4, 0.5) is 19.1 Å². The summed E-state index contributed by atoms with van der Waals surface area (Å²) in [5.41, 5.74) is -0.827. The lowest BCUT2D eigenvalue weighted by molar-refractivity contribution is -0.139. The summed E-state index contributed by atoms with van der Waals surface area (Å²) in [5, 5.41) is 29.8. The molecule has 9 nitrogen and oxygen atoms in total. The fourth-order valence-corrected chi connectivity index (χ4v) is 3.17. The molecule has 0 aliphatic carbocycles. The van der Waals surface area contributed by atoms with Crippen LogP contribution in [-0.2, 0) is 11.0 Å². The highest BCUT2D eigenvalue weighted by Gasteiger charge is 2.32. The molecule has 1 unspecified atom stereocenters. The summed E-state index contributed by atoms with van der Waals surface area (Å²) in [6, 6.07) is 0.516. The lowest BCUT2D eigenvalue weighted by Gasteiger charge is -2.31. The second-order valence-corrected chi connectivity index (χ2v) is 6.77. The predicted octanol–water partition coefficient (Wildman–Crippen LogP) is 1.93. The molecule has 2 aromatic rings. The van der Waals surface area contributed by atoms with Crippen molar-refractivity contribution >= 4 is 11.9 Å². The first-order chi connectivity index (χ1) is 13.6. The lowest BCUT2D eigenvalue weighted by Crippen LogP contribution is -2.44. The number of hydrogen-bond acceptors (Lipinski definition) is 8. The minimum absolute atomic E-state index is 0.0475.